The number of aldehydes is 1. The molecule has 0 radical (unpaired) electrons. The van der Waals surface area contributed by atoms with Gasteiger partial charge in [-0.3, -0.25) is 4.79 Å². The summed E-state index contributed by atoms with van der Waals surface area (Å²) in [5.41, 5.74) is 1.01. The van der Waals surface area contributed by atoms with E-state index in [1.807, 2.05) is 6.07 Å². The van der Waals surface area contributed by atoms with E-state index >= 15 is 0 Å². The van der Waals surface area contributed by atoms with Gasteiger partial charge in [0.15, 0.2) is 6.29 Å². The Kier molecular flexibility index (Phi) is 1.96. The Bertz CT molecular complexity index is 336. The molecule has 0 aliphatic carbocycles. The van der Waals surface area contributed by atoms with Gasteiger partial charge in [0.1, 0.15) is 17.3 Å². The number of thiol groups is 1. The third kappa shape index (κ3) is 1.12. The zero-order valence-electron chi connectivity index (χ0n) is 5.77. The number of rotatable bonds is 1. The number of carbonyl (C=O) groups excluding carboxylic acids is 1. The SMILES string of the molecule is Cc1c(C#N)c(C=O)nn1S. The number of aromatic nitrogens is 2. The molecule has 0 atom stereocenters. The summed E-state index contributed by atoms with van der Waals surface area (Å²) in [7, 11) is 0. The molecule has 0 aliphatic rings. The summed E-state index contributed by atoms with van der Waals surface area (Å²) in [6, 6.07) is 1.87. The molecule has 0 unspecified atom stereocenters. The molecule has 0 bridgehead atoms. The Balaban J connectivity index is 3.41. The van der Waals surface area contributed by atoms with Crippen molar-refractivity contribution >= 4 is 19.1 Å². The maximum absolute atomic E-state index is 10.3. The second-order valence-electron chi connectivity index (χ2n) is 1.96. The Morgan fingerprint density at radius 3 is 2.82 bits per heavy atom. The first-order chi connectivity index (χ1) is 5.20. The molecule has 56 valence electrons. The molecular weight excluding hydrogens is 162 g/mol. The highest BCUT2D eigenvalue weighted by atomic mass is 32.1. The predicted molar refractivity (Wildman–Crippen MR) is 41.5 cm³/mol. The van der Waals surface area contributed by atoms with Gasteiger partial charge >= 0.3 is 0 Å². The van der Waals surface area contributed by atoms with E-state index in [-0.39, 0.29) is 11.3 Å². The van der Waals surface area contributed by atoms with E-state index in [4.69, 9.17) is 5.26 Å². The van der Waals surface area contributed by atoms with Gasteiger partial charge < -0.3 is 0 Å². The van der Waals surface area contributed by atoms with Gasteiger partial charge in [-0.25, -0.2) is 4.09 Å². The minimum Gasteiger partial charge on any atom is -0.296 e. The van der Waals surface area contributed by atoms with Crippen LogP contribution >= 0.6 is 12.8 Å². The summed E-state index contributed by atoms with van der Waals surface area (Å²) in [4.78, 5) is 10.3. The zero-order chi connectivity index (χ0) is 8.43. The van der Waals surface area contributed by atoms with Gasteiger partial charge in [-0.15, -0.1) is 0 Å². The maximum atomic E-state index is 10.3. The van der Waals surface area contributed by atoms with Crippen molar-refractivity contribution in [1.29, 1.82) is 5.26 Å². The van der Waals surface area contributed by atoms with Crippen LogP contribution in [0.3, 0.4) is 0 Å². The molecule has 0 saturated carbocycles. The molecule has 0 aliphatic heterocycles. The number of nitriles is 1. The largest absolute Gasteiger partial charge is 0.296 e. The average molecular weight is 167 g/mol. The van der Waals surface area contributed by atoms with E-state index in [0.29, 0.717) is 12.0 Å². The first-order valence-corrected chi connectivity index (χ1v) is 3.25. The highest BCUT2D eigenvalue weighted by Crippen LogP contribution is 2.10. The van der Waals surface area contributed by atoms with Crippen molar-refractivity contribution in [2.24, 2.45) is 0 Å². The monoisotopic (exact) mass is 167 g/mol. The summed E-state index contributed by atoms with van der Waals surface area (Å²) < 4.78 is 1.21. The van der Waals surface area contributed by atoms with Crippen LogP contribution in [0.1, 0.15) is 21.7 Å². The van der Waals surface area contributed by atoms with Crippen molar-refractivity contribution in [3.8, 4) is 6.07 Å². The minimum absolute atomic E-state index is 0.139. The van der Waals surface area contributed by atoms with Crippen LogP contribution in [0.4, 0.5) is 0 Å². The van der Waals surface area contributed by atoms with Crippen LogP contribution in [0.25, 0.3) is 0 Å². The molecule has 0 aromatic carbocycles. The summed E-state index contributed by atoms with van der Waals surface area (Å²) in [6.45, 7) is 1.67. The van der Waals surface area contributed by atoms with Gasteiger partial charge in [-0.1, -0.05) is 0 Å². The van der Waals surface area contributed by atoms with Crippen molar-refractivity contribution in [3.05, 3.63) is 17.0 Å². The standard InChI is InChI=1S/C6H5N3OS/c1-4-5(2-7)6(3-10)8-9(4)11/h3,11H,1H3. The molecule has 1 rings (SSSR count). The van der Waals surface area contributed by atoms with E-state index < -0.39 is 0 Å². The molecule has 1 aromatic heterocycles. The van der Waals surface area contributed by atoms with Crippen LogP contribution in [-0.4, -0.2) is 15.5 Å². The highest BCUT2D eigenvalue weighted by Gasteiger charge is 2.10. The summed E-state index contributed by atoms with van der Waals surface area (Å²) in [5, 5.41) is 12.2. The highest BCUT2D eigenvalue weighted by molar-refractivity contribution is 7.78. The van der Waals surface area contributed by atoms with Crippen LogP contribution in [0.5, 0.6) is 0 Å². The molecule has 4 nitrogen and oxygen atoms in total. The molecular formula is C6H5N3OS. The molecule has 0 amide bonds. The molecule has 0 N–H and O–H groups in total. The summed E-state index contributed by atoms with van der Waals surface area (Å²) in [5.74, 6) is 0. The topological polar surface area (TPSA) is 58.7 Å². The quantitative estimate of drug-likeness (QED) is 0.491. The lowest BCUT2D eigenvalue weighted by molar-refractivity contribution is 0.111. The third-order valence-corrected chi connectivity index (χ3v) is 1.73. The second-order valence-corrected chi connectivity index (χ2v) is 2.34. The Morgan fingerprint density at radius 2 is 2.45 bits per heavy atom. The van der Waals surface area contributed by atoms with Crippen LogP contribution in [0.2, 0.25) is 0 Å². The number of hydrogen-bond donors (Lipinski definition) is 1. The van der Waals surface area contributed by atoms with Crippen molar-refractivity contribution in [1.82, 2.24) is 9.19 Å². The zero-order valence-corrected chi connectivity index (χ0v) is 6.67. The van der Waals surface area contributed by atoms with Gasteiger partial charge in [-0.05, 0) is 19.7 Å². The van der Waals surface area contributed by atoms with Crippen LogP contribution < -0.4 is 0 Å². The predicted octanol–water partition coefficient (Wildman–Crippen LogP) is 0.569. The Morgan fingerprint density at radius 1 is 1.82 bits per heavy atom. The van der Waals surface area contributed by atoms with Gasteiger partial charge in [-0.2, -0.15) is 10.4 Å². The maximum Gasteiger partial charge on any atom is 0.171 e. The fraction of sp³-hybridized carbons (Fsp3) is 0.167. The van der Waals surface area contributed by atoms with Gasteiger partial charge in [0, 0.05) is 0 Å². The smallest absolute Gasteiger partial charge is 0.171 e. The second kappa shape index (κ2) is 2.76. The van der Waals surface area contributed by atoms with Crippen molar-refractivity contribution in [2.45, 2.75) is 6.92 Å². The van der Waals surface area contributed by atoms with Crippen molar-refractivity contribution in [2.75, 3.05) is 0 Å². The van der Waals surface area contributed by atoms with Crippen molar-refractivity contribution in [3.63, 3.8) is 0 Å². The average Bonchev–Trinajstić information content (AvgIpc) is 2.28. The first-order valence-electron chi connectivity index (χ1n) is 2.85. The fourth-order valence-corrected chi connectivity index (χ4v) is 0.929. The fourth-order valence-electron chi connectivity index (χ4n) is 0.733. The van der Waals surface area contributed by atoms with Gasteiger partial charge in [0.05, 0.1) is 5.69 Å². The molecule has 1 heterocycles. The number of hydrogen-bond acceptors (Lipinski definition) is 4. The van der Waals surface area contributed by atoms with E-state index in [2.05, 4.69) is 17.9 Å². The lowest BCUT2D eigenvalue weighted by atomic mass is 10.2. The van der Waals surface area contributed by atoms with Crippen LogP contribution in [0.15, 0.2) is 0 Å². The Labute approximate surface area is 69.0 Å². The number of carbonyl (C=O) groups is 1. The van der Waals surface area contributed by atoms with Gasteiger partial charge in [0.2, 0.25) is 0 Å². The van der Waals surface area contributed by atoms with Gasteiger partial charge in [0.25, 0.3) is 0 Å². The number of nitrogens with zero attached hydrogens (tertiary/aromatic N) is 3. The normalized spacial score (nSPS) is 9.18. The van der Waals surface area contributed by atoms with Crippen LogP contribution in [0, 0.1) is 18.3 Å². The third-order valence-electron chi connectivity index (χ3n) is 1.34. The molecule has 11 heavy (non-hydrogen) atoms. The molecule has 0 saturated heterocycles. The van der Waals surface area contributed by atoms with Crippen LogP contribution in [-0.2, 0) is 0 Å². The van der Waals surface area contributed by atoms with E-state index in [1.165, 1.54) is 4.09 Å². The molecule has 1 aromatic rings. The summed E-state index contributed by atoms with van der Waals surface area (Å²) >= 11 is 3.89. The van der Waals surface area contributed by atoms with E-state index in [1.54, 1.807) is 6.92 Å². The molecule has 0 spiro atoms. The summed E-state index contributed by atoms with van der Waals surface area (Å²) in [6.07, 6.45) is 0.540. The Hall–Kier alpha value is -1.28. The van der Waals surface area contributed by atoms with E-state index in [0.717, 1.165) is 0 Å². The van der Waals surface area contributed by atoms with Crippen molar-refractivity contribution < 1.29 is 4.79 Å². The molecule has 0 fully saturated rings. The molecule has 5 heteroatoms. The van der Waals surface area contributed by atoms with E-state index in [9.17, 15) is 4.79 Å². The lowest BCUT2D eigenvalue weighted by Gasteiger charge is -1.87. The first kappa shape index (κ1) is 7.82. The lowest BCUT2D eigenvalue weighted by Crippen LogP contribution is -1.85. The minimum atomic E-state index is 0.139.